The fourth-order valence-corrected chi connectivity index (χ4v) is 2.30. The largest absolute Gasteiger partial charge is 0.491 e. The second-order valence-corrected chi connectivity index (χ2v) is 4.60. The predicted octanol–water partition coefficient (Wildman–Crippen LogP) is 2.77. The minimum Gasteiger partial charge on any atom is -0.491 e. The standard InChI is InChI=1S/C14H20FNO/c1-2-17-14-6-5-11(9-13(14)15)3-4-12-7-8-16-10-12/h5-6,9,12,16H,2-4,7-8,10H2,1H3. The van der Waals surface area contributed by atoms with Gasteiger partial charge in [0.1, 0.15) is 0 Å². The summed E-state index contributed by atoms with van der Waals surface area (Å²) < 4.78 is 18.8. The van der Waals surface area contributed by atoms with Gasteiger partial charge in [0.2, 0.25) is 0 Å². The first kappa shape index (κ1) is 12.4. The van der Waals surface area contributed by atoms with Crippen molar-refractivity contribution in [1.82, 2.24) is 5.32 Å². The van der Waals surface area contributed by atoms with Crippen LogP contribution in [-0.4, -0.2) is 19.7 Å². The molecule has 0 radical (unpaired) electrons. The van der Waals surface area contributed by atoms with Crippen molar-refractivity contribution in [3.63, 3.8) is 0 Å². The Morgan fingerprint density at radius 2 is 2.35 bits per heavy atom. The second kappa shape index (κ2) is 6.01. The van der Waals surface area contributed by atoms with Gasteiger partial charge in [0.15, 0.2) is 11.6 Å². The van der Waals surface area contributed by atoms with Crippen molar-refractivity contribution in [3.8, 4) is 5.75 Å². The van der Waals surface area contributed by atoms with Gasteiger partial charge in [0, 0.05) is 0 Å². The molecule has 2 rings (SSSR count). The number of rotatable bonds is 5. The monoisotopic (exact) mass is 237 g/mol. The fraction of sp³-hybridized carbons (Fsp3) is 0.571. The smallest absolute Gasteiger partial charge is 0.165 e. The molecule has 1 atom stereocenters. The molecule has 94 valence electrons. The van der Waals surface area contributed by atoms with Crippen molar-refractivity contribution in [2.45, 2.75) is 26.2 Å². The Labute approximate surface area is 102 Å². The average Bonchev–Trinajstić information content (AvgIpc) is 2.83. The van der Waals surface area contributed by atoms with Gasteiger partial charge in [0.05, 0.1) is 6.61 Å². The van der Waals surface area contributed by atoms with Crippen molar-refractivity contribution in [2.24, 2.45) is 5.92 Å². The maximum Gasteiger partial charge on any atom is 0.165 e. The van der Waals surface area contributed by atoms with Crippen LogP contribution in [0.2, 0.25) is 0 Å². The fourth-order valence-electron chi connectivity index (χ4n) is 2.30. The lowest BCUT2D eigenvalue weighted by Gasteiger charge is -2.09. The van der Waals surface area contributed by atoms with E-state index < -0.39 is 0 Å². The van der Waals surface area contributed by atoms with Gasteiger partial charge in [-0.05, 0) is 62.9 Å². The summed E-state index contributed by atoms with van der Waals surface area (Å²) >= 11 is 0. The molecule has 1 fully saturated rings. The zero-order valence-electron chi connectivity index (χ0n) is 10.3. The lowest BCUT2D eigenvalue weighted by atomic mass is 9.99. The normalized spacial score (nSPS) is 19.5. The van der Waals surface area contributed by atoms with E-state index in [2.05, 4.69) is 5.32 Å². The molecule has 1 aromatic carbocycles. The Morgan fingerprint density at radius 3 is 3.00 bits per heavy atom. The molecule has 3 heteroatoms. The molecule has 0 aromatic heterocycles. The number of hydrogen-bond acceptors (Lipinski definition) is 2. The van der Waals surface area contributed by atoms with Crippen LogP contribution in [0.4, 0.5) is 4.39 Å². The van der Waals surface area contributed by atoms with Crippen LogP contribution in [0.3, 0.4) is 0 Å². The van der Waals surface area contributed by atoms with Crippen LogP contribution in [0.5, 0.6) is 5.75 Å². The minimum absolute atomic E-state index is 0.242. The molecule has 1 heterocycles. The van der Waals surface area contributed by atoms with Gasteiger partial charge in [-0.3, -0.25) is 0 Å². The lowest BCUT2D eigenvalue weighted by molar-refractivity contribution is 0.321. The number of ether oxygens (including phenoxy) is 1. The number of aryl methyl sites for hydroxylation is 1. The molecule has 0 aliphatic carbocycles. The highest BCUT2D eigenvalue weighted by molar-refractivity contribution is 5.29. The lowest BCUT2D eigenvalue weighted by Crippen LogP contribution is -2.09. The molecule has 0 amide bonds. The van der Waals surface area contributed by atoms with E-state index in [9.17, 15) is 4.39 Å². The predicted molar refractivity (Wildman–Crippen MR) is 66.9 cm³/mol. The van der Waals surface area contributed by atoms with Crippen LogP contribution in [0.25, 0.3) is 0 Å². The van der Waals surface area contributed by atoms with Gasteiger partial charge < -0.3 is 10.1 Å². The number of hydrogen-bond donors (Lipinski definition) is 1. The van der Waals surface area contributed by atoms with Crippen LogP contribution >= 0.6 is 0 Å². The molecule has 1 N–H and O–H groups in total. The topological polar surface area (TPSA) is 21.3 Å². The van der Waals surface area contributed by atoms with E-state index in [-0.39, 0.29) is 5.82 Å². The number of halogens is 1. The maximum atomic E-state index is 13.6. The second-order valence-electron chi connectivity index (χ2n) is 4.60. The molecule has 1 aliphatic heterocycles. The highest BCUT2D eigenvalue weighted by Gasteiger charge is 2.14. The van der Waals surface area contributed by atoms with Gasteiger partial charge in [-0.25, -0.2) is 4.39 Å². The first-order chi connectivity index (χ1) is 8.29. The molecule has 0 bridgehead atoms. The molecule has 1 aliphatic rings. The van der Waals surface area contributed by atoms with Crippen LogP contribution in [0, 0.1) is 11.7 Å². The Hall–Kier alpha value is -1.09. The summed E-state index contributed by atoms with van der Waals surface area (Å²) in [4.78, 5) is 0. The van der Waals surface area contributed by atoms with E-state index in [1.807, 2.05) is 13.0 Å². The van der Waals surface area contributed by atoms with Gasteiger partial charge in [-0.1, -0.05) is 6.07 Å². The van der Waals surface area contributed by atoms with Gasteiger partial charge >= 0.3 is 0 Å². The molecular formula is C14H20FNO. The number of benzene rings is 1. The third-order valence-electron chi connectivity index (χ3n) is 3.30. The van der Waals surface area contributed by atoms with E-state index in [1.54, 1.807) is 12.1 Å². The van der Waals surface area contributed by atoms with Crippen LogP contribution in [-0.2, 0) is 6.42 Å². The molecule has 1 unspecified atom stereocenters. The van der Waals surface area contributed by atoms with Crippen LogP contribution in [0.1, 0.15) is 25.3 Å². The number of nitrogens with one attached hydrogen (secondary N) is 1. The molecule has 2 nitrogen and oxygen atoms in total. The summed E-state index contributed by atoms with van der Waals surface area (Å²) in [5.74, 6) is 0.873. The van der Waals surface area contributed by atoms with Gasteiger partial charge in [0.25, 0.3) is 0 Å². The van der Waals surface area contributed by atoms with Crippen LogP contribution < -0.4 is 10.1 Å². The highest BCUT2D eigenvalue weighted by Crippen LogP contribution is 2.21. The average molecular weight is 237 g/mol. The first-order valence-corrected chi connectivity index (χ1v) is 6.41. The van der Waals surface area contributed by atoms with Gasteiger partial charge in [-0.15, -0.1) is 0 Å². The van der Waals surface area contributed by atoms with E-state index in [0.29, 0.717) is 12.4 Å². The van der Waals surface area contributed by atoms with E-state index in [0.717, 1.165) is 37.4 Å². The molecule has 1 saturated heterocycles. The van der Waals surface area contributed by atoms with E-state index in [1.165, 1.54) is 6.42 Å². The Bertz CT molecular complexity index is 361. The Kier molecular flexibility index (Phi) is 4.37. The SMILES string of the molecule is CCOc1ccc(CCC2CCNC2)cc1F. The molecule has 17 heavy (non-hydrogen) atoms. The van der Waals surface area contributed by atoms with Crippen molar-refractivity contribution in [1.29, 1.82) is 0 Å². The Balaban J connectivity index is 1.90. The molecule has 0 saturated carbocycles. The van der Waals surface area contributed by atoms with Gasteiger partial charge in [-0.2, -0.15) is 0 Å². The minimum atomic E-state index is -0.242. The third kappa shape index (κ3) is 3.43. The molecule has 0 spiro atoms. The van der Waals surface area contributed by atoms with Crippen LogP contribution in [0.15, 0.2) is 18.2 Å². The zero-order valence-corrected chi connectivity index (χ0v) is 10.3. The zero-order chi connectivity index (χ0) is 12.1. The molecular weight excluding hydrogens is 217 g/mol. The summed E-state index contributed by atoms with van der Waals surface area (Å²) in [6.07, 6.45) is 3.34. The first-order valence-electron chi connectivity index (χ1n) is 6.41. The summed E-state index contributed by atoms with van der Waals surface area (Å²) in [6.45, 7) is 4.60. The maximum absolute atomic E-state index is 13.6. The van der Waals surface area contributed by atoms with E-state index in [4.69, 9.17) is 4.74 Å². The quantitative estimate of drug-likeness (QED) is 0.850. The molecule has 1 aromatic rings. The summed E-state index contributed by atoms with van der Waals surface area (Å²) in [5, 5.41) is 3.35. The van der Waals surface area contributed by atoms with Crippen molar-refractivity contribution in [2.75, 3.05) is 19.7 Å². The Morgan fingerprint density at radius 1 is 1.47 bits per heavy atom. The van der Waals surface area contributed by atoms with Crippen molar-refractivity contribution in [3.05, 3.63) is 29.6 Å². The highest BCUT2D eigenvalue weighted by atomic mass is 19.1. The third-order valence-corrected chi connectivity index (χ3v) is 3.30. The van der Waals surface area contributed by atoms with Crippen molar-refractivity contribution < 1.29 is 9.13 Å². The summed E-state index contributed by atoms with van der Waals surface area (Å²) in [6, 6.07) is 5.31. The summed E-state index contributed by atoms with van der Waals surface area (Å²) in [7, 11) is 0. The van der Waals surface area contributed by atoms with E-state index >= 15 is 0 Å². The van der Waals surface area contributed by atoms with Crippen molar-refractivity contribution >= 4 is 0 Å². The summed E-state index contributed by atoms with van der Waals surface area (Å²) in [5.41, 5.74) is 1.07.